The lowest BCUT2D eigenvalue weighted by molar-refractivity contribution is -0.137. The molecule has 146 valence electrons. The number of sulfonamides is 1. The van der Waals surface area contributed by atoms with Crippen LogP contribution >= 0.6 is 0 Å². The average molecular weight is 410 g/mol. The molecule has 1 atom stereocenters. The molecular formula is C18H13F3N2O4S. The molecule has 0 amide bonds. The second-order valence-electron chi connectivity index (χ2n) is 5.93. The van der Waals surface area contributed by atoms with Gasteiger partial charge >= 0.3 is 6.18 Å². The SMILES string of the molecule is O=CC(NS(=O)(=O)c1ccc2[nH]c(=O)ccc2c1)c1ccc(C(F)(F)F)cc1. The molecule has 0 aliphatic rings. The molecule has 0 aliphatic heterocycles. The Balaban J connectivity index is 1.90. The summed E-state index contributed by atoms with van der Waals surface area (Å²) in [6, 6.07) is 8.89. The fourth-order valence-electron chi connectivity index (χ4n) is 2.59. The number of hydrogen-bond donors (Lipinski definition) is 2. The highest BCUT2D eigenvalue weighted by Gasteiger charge is 2.30. The smallest absolute Gasteiger partial charge is 0.322 e. The summed E-state index contributed by atoms with van der Waals surface area (Å²) in [5.74, 6) is 0. The number of rotatable bonds is 5. The van der Waals surface area contributed by atoms with Gasteiger partial charge in [0.25, 0.3) is 0 Å². The van der Waals surface area contributed by atoms with Crippen molar-refractivity contribution in [2.45, 2.75) is 17.1 Å². The van der Waals surface area contributed by atoms with Crippen LogP contribution in [-0.4, -0.2) is 19.7 Å². The summed E-state index contributed by atoms with van der Waals surface area (Å²) in [6.45, 7) is 0. The van der Waals surface area contributed by atoms with Crippen LogP contribution in [0.2, 0.25) is 0 Å². The Labute approximate surface area is 157 Å². The van der Waals surface area contributed by atoms with E-state index in [1.807, 2.05) is 0 Å². The van der Waals surface area contributed by atoms with E-state index in [2.05, 4.69) is 9.71 Å². The van der Waals surface area contributed by atoms with Crippen molar-refractivity contribution in [3.63, 3.8) is 0 Å². The van der Waals surface area contributed by atoms with Crippen LogP contribution < -0.4 is 10.3 Å². The lowest BCUT2D eigenvalue weighted by Crippen LogP contribution is -2.29. The molecular weight excluding hydrogens is 397 g/mol. The van der Waals surface area contributed by atoms with Crippen LogP contribution in [0.25, 0.3) is 10.9 Å². The molecule has 0 aliphatic carbocycles. The van der Waals surface area contributed by atoms with Gasteiger partial charge in [-0.3, -0.25) is 4.79 Å². The molecule has 1 unspecified atom stereocenters. The van der Waals surface area contributed by atoms with Crippen molar-refractivity contribution >= 4 is 27.2 Å². The van der Waals surface area contributed by atoms with Gasteiger partial charge in [-0.05, 0) is 47.3 Å². The number of H-pyrrole nitrogens is 1. The Morgan fingerprint density at radius 3 is 2.29 bits per heavy atom. The summed E-state index contributed by atoms with van der Waals surface area (Å²) in [5.41, 5.74) is -0.755. The Kier molecular flexibility index (Phi) is 5.09. The molecule has 0 bridgehead atoms. The first-order valence-electron chi connectivity index (χ1n) is 7.88. The maximum Gasteiger partial charge on any atom is 0.416 e. The molecule has 6 nitrogen and oxygen atoms in total. The standard InChI is InChI=1S/C18H13F3N2O4S/c19-18(20,21)13-4-1-11(2-5-13)16(10-24)23-28(26,27)14-6-7-15-12(9-14)3-8-17(25)22-15/h1-10,16,23H,(H,22,25). The van der Waals surface area contributed by atoms with Crippen molar-refractivity contribution in [2.75, 3.05) is 0 Å². The van der Waals surface area contributed by atoms with E-state index in [9.17, 15) is 31.2 Å². The number of pyridine rings is 1. The average Bonchev–Trinajstić information content (AvgIpc) is 2.65. The Bertz CT molecular complexity index is 1190. The molecule has 0 saturated heterocycles. The van der Waals surface area contributed by atoms with E-state index in [1.165, 1.54) is 30.3 Å². The summed E-state index contributed by atoms with van der Waals surface area (Å²) in [4.78, 5) is 25.0. The first kappa shape index (κ1) is 19.8. The van der Waals surface area contributed by atoms with Crippen LogP contribution in [0, 0.1) is 0 Å². The maximum absolute atomic E-state index is 12.6. The highest BCUT2D eigenvalue weighted by molar-refractivity contribution is 7.89. The second kappa shape index (κ2) is 7.21. The number of carbonyl (C=O) groups excluding carboxylic acids is 1. The number of halogens is 3. The third-order valence-corrected chi connectivity index (χ3v) is 5.46. The van der Waals surface area contributed by atoms with Crippen molar-refractivity contribution in [3.05, 3.63) is 76.1 Å². The van der Waals surface area contributed by atoms with Crippen LogP contribution in [0.3, 0.4) is 0 Å². The first-order valence-corrected chi connectivity index (χ1v) is 9.36. The summed E-state index contributed by atoms with van der Waals surface area (Å²) >= 11 is 0. The van der Waals surface area contributed by atoms with Gasteiger partial charge in [0.1, 0.15) is 12.3 Å². The minimum atomic E-state index is -4.54. The van der Waals surface area contributed by atoms with Crippen molar-refractivity contribution in [3.8, 4) is 0 Å². The van der Waals surface area contributed by atoms with Crippen molar-refractivity contribution < 1.29 is 26.4 Å². The molecule has 2 aromatic carbocycles. The fourth-order valence-corrected chi connectivity index (χ4v) is 3.78. The normalized spacial score (nSPS) is 13.4. The van der Waals surface area contributed by atoms with E-state index in [0.717, 1.165) is 24.3 Å². The highest BCUT2D eigenvalue weighted by Crippen LogP contribution is 2.30. The number of nitrogens with one attached hydrogen (secondary N) is 2. The molecule has 1 aromatic heterocycles. The molecule has 2 N–H and O–H groups in total. The van der Waals surface area contributed by atoms with Crippen LogP contribution in [0.1, 0.15) is 17.2 Å². The van der Waals surface area contributed by atoms with Gasteiger partial charge in [-0.2, -0.15) is 17.9 Å². The summed E-state index contributed by atoms with van der Waals surface area (Å²) in [7, 11) is -4.16. The first-order chi connectivity index (χ1) is 13.1. The third kappa shape index (κ3) is 4.12. The van der Waals surface area contributed by atoms with Crippen LogP contribution in [-0.2, 0) is 21.0 Å². The van der Waals surface area contributed by atoms with Gasteiger partial charge in [-0.25, -0.2) is 8.42 Å². The van der Waals surface area contributed by atoms with Crippen molar-refractivity contribution in [2.24, 2.45) is 0 Å². The number of alkyl halides is 3. The Hall–Kier alpha value is -2.98. The zero-order chi connectivity index (χ0) is 20.5. The van der Waals surface area contributed by atoms with Gasteiger partial charge < -0.3 is 9.78 Å². The van der Waals surface area contributed by atoms with Gasteiger partial charge in [0.2, 0.25) is 15.6 Å². The Morgan fingerprint density at radius 2 is 1.68 bits per heavy atom. The molecule has 10 heteroatoms. The van der Waals surface area contributed by atoms with E-state index in [4.69, 9.17) is 0 Å². The predicted molar refractivity (Wildman–Crippen MR) is 95.1 cm³/mol. The number of carbonyl (C=O) groups is 1. The number of fused-ring (bicyclic) bond motifs is 1. The number of benzene rings is 2. The lowest BCUT2D eigenvalue weighted by atomic mass is 10.1. The summed E-state index contributed by atoms with van der Waals surface area (Å²) in [6.07, 6.45) is -4.25. The lowest BCUT2D eigenvalue weighted by Gasteiger charge is -2.15. The number of hydrogen-bond acceptors (Lipinski definition) is 4. The van der Waals surface area contributed by atoms with Crippen molar-refractivity contribution in [1.82, 2.24) is 9.71 Å². The zero-order valence-corrected chi connectivity index (χ0v) is 14.8. The van der Waals surface area contributed by atoms with E-state index in [0.29, 0.717) is 17.2 Å². The van der Waals surface area contributed by atoms with E-state index >= 15 is 0 Å². The largest absolute Gasteiger partial charge is 0.416 e. The molecule has 3 aromatic rings. The molecule has 28 heavy (non-hydrogen) atoms. The molecule has 0 saturated carbocycles. The molecule has 1 heterocycles. The number of aldehydes is 1. The minimum absolute atomic E-state index is 0.0664. The summed E-state index contributed by atoms with van der Waals surface area (Å²) < 4.78 is 65.3. The quantitative estimate of drug-likeness (QED) is 0.633. The molecule has 0 radical (unpaired) electrons. The number of aromatic nitrogens is 1. The molecule has 3 rings (SSSR count). The van der Waals surface area contributed by atoms with Gasteiger partial charge in [-0.15, -0.1) is 0 Å². The topological polar surface area (TPSA) is 96.1 Å². The fraction of sp³-hybridized carbons (Fsp3) is 0.111. The molecule has 0 fully saturated rings. The van der Waals surface area contributed by atoms with Gasteiger partial charge in [-0.1, -0.05) is 12.1 Å². The zero-order valence-electron chi connectivity index (χ0n) is 14.0. The highest BCUT2D eigenvalue weighted by atomic mass is 32.2. The van der Waals surface area contributed by atoms with E-state index in [-0.39, 0.29) is 16.0 Å². The second-order valence-corrected chi connectivity index (χ2v) is 7.64. The maximum atomic E-state index is 12.6. The Morgan fingerprint density at radius 1 is 1.00 bits per heavy atom. The molecule has 0 spiro atoms. The van der Waals surface area contributed by atoms with Crippen LogP contribution in [0.4, 0.5) is 13.2 Å². The van der Waals surface area contributed by atoms with E-state index in [1.54, 1.807) is 0 Å². The van der Waals surface area contributed by atoms with Gasteiger partial charge in [0.05, 0.1) is 10.5 Å². The van der Waals surface area contributed by atoms with Crippen LogP contribution in [0.15, 0.2) is 64.3 Å². The van der Waals surface area contributed by atoms with Crippen LogP contribution in [0.5, 0.6) is 0 Å². The monoisotopic (exact) mass is 410 g/mol. The van der Waals surface area contributed by atoms with E-state index < -0.39 is 27.8 Å². The van der Waals surface area contributed by atoms with Crippen molar-refractivity contribution in [1.29, 1.82) is 0 Å². The minimum Gasteiger partial charge on any atom is -0.322 e. The predicted octanol–water partition coefficient (Wildman–Crippen LogP) is 2.77. The van der Waals surface area contributed by atoms with Gasteiger partial charge in [0.15, 0.2) is 0 Å². The summed E-state index contributed by atoms with van der Waals surface area (Å²) in [5, 5.41) is 0.458. The third-order valence-electron chi connectivity index (χ3n) is 4.02. The number of aromatic amines is 1. The van der Waals surface area contributed by atoms with Gasteiger partial charge in [0, 0.05) is 11.6 Å².